The van der Waals surface area contributed by atoms with E-state index < -0.39 is 16.7 Å². The van der Waals surface area contributed by atoms with Gasteiger partial charge >= 0.3 is 0 Å². The minimum Gasteiger partial charge on any atom is -0.411 e. The van der Waals surface area contributed by atoms with Crippen molar-refractivity contribution in [1.29, 1.82) is 0 Å². The van der Waals surface area contributed by atoms with Gasteiger partial charge in [-0.05, 0) is 12.1 Å². The Morgan fingerprint density at radius 2 is 2.08 bits per heavy atom. The smallest absolute Gasteiger partial charge is 0.153 e. The van der Waals surface area contributed by atoms with E-state index in [-0.39, 0.29) is 5.56 Å². The fourth-order valence-electron chi connectivity index (χ4n) is 0.703. The average molecular weight is 192 g/mol. The van der Waals surface area contributed by atoms with E-state index in [1.165, 1.54) is 0 Å². The van der Waals surface area contributed by atoms with Crippen LogP contribution in [0.5, 0.6) is 0 Å². The molecule has 0 aliphatic heterocycles. The summed E-state index contributed by atoms with van der Waals surface area (Å²) >= 11 is 5.23. The molecule has 0 unspecified atom stereocenters. The summed E-state index contributed by atoms with van der Waals surface area (Å²) in [5.74, 6) is -1.78. The second kappa shape index (κ2) is 3.49. The molecule has 0 saturated heterocycles. The molecule has 0 saturated carbocycles. The van der Waals surface area contributed by atoms with Crippen LogP contribution in [0.1, 0.15) is 5.56 Å². The van der Waals surface area contributed by atoms with Crippen molar-refractivity contribution in [2.45, 2.75) is 0 Å². The molecule has 0 aromatic heterocycles. The minimum absolute atomic E-state index is 0.0658. The predicted molar refractivity (Wildman–Crippen MR) is 40.7 cm³/mol. The molecule has 64 valence electrons. The largest absolute Gasteiger partial charge is 0.411 e. The lowest BCUT2D eigenvalue weighted by Gasteiger charge is -1.98. The Kier molecular flexibility index (Phi) is 2.60. The number of hydrogen-bond acceptors (Lipinski definition) is 2. The highest BCUT2D eigenvalue weighted by Crippen LogP contribution is 2.20. The SMILES string of the molecule is O/N=C\c1ccc(F)c(Cl)c1F. The maximum Gasteiger partial charge on any atom is 0.153 e. The minimum atomic E-state index is -0.936. The van der Waals surface area contributed by atoms with Crippen molar-refractivity contribution in [2.24, 2.45) is 5.16 Å². The van der Waals surface area contributed by atoms with Gasteiger partial charge < -0.3 is 5.21 Å². The molecule has 0 atom stereocenters. The van der Waals surface area contributed by atoms with Crippen LogP contribution in [0.3, 0.4) is 0 Å². The zero-order chi connectivity index (χ0) is 9.14. The average Bonchev–Trinajstić information content (AvgIpc) is 2.07. The van der Waals surface area contributed by atoms with Gasteiger partial charge in [0.15, 0.2) is 5.82 Å². The lowest BCUT2D eigenvalue weighted by Crippen LogP contribution is -1.91. The van der Waals surface area contributed by atoms with E-state index >= 15 is 0 Å². The Bertz CT molecular complexity index is 327. The van der Waals surface area contributed by atoms with E-state index in [0.717, 1.165) is 18.3 Å². The van der Waals surface area contributed by atoms with Crippen molar-refractivity contribution in [3.63, 3.8) is 0 Å². The molecule has 1 N–H and O–H groups in total. The number of halogens is 3. The van der Waals surface area contributed by atoms with Gasteiger partial charge in [-0.15, -0.1) is 0 Å². The van der Waals surface area contributed by atoms with Gasteiger partial charge in [-0.2, -0.15) is 0 Å². The first-order valence-electron chi connectivity index (χ1n) is 2.97. The fourth-order valence-corrected chi connectivity index (χ4v) is 0.875. The Balaban J connectivity index is 3.26. The number of benzene rings is 1. The quantitative estimate of drug-likeness (QED) is 0.314. The monoisotopic (exact) mass is 191 g/mol. The molecular formula is C7H4ClF2NO. The summed E-state index contributed by atoms with van der Waals surface area (Å²) < 4.78 is 25.4. The summed E-state index contributed by atoms with van der Waals surface area (Å²) in [6.45, 7) is 0. The zero-order valence-electron chi connectivity index (χ0n) is 5.76. The van der Waals surface area contributed by atoms with Crippen molar-refractivity contribution < 1.29 is 14.0 Å². The van der Waals surface area contributed by atoms with Crippen molar-refractivity contribution in [3.8, 4) is 0 Å². The summed E-state index contributed by atoms with van der Waals surface area (Å²) in [4.78, 5) is 0. The molecular weight excluding hydrogens is 188 g/mol. The van der Waals surface area contributed by atoms with Crippen LogP contribution in [0.25, 0.3) is 0 Å². The van der Waals surface area contributed by atoms with E-state index in [1.807, 2.05) is 0 Å². The van der Waals surface area contributed by atoms with Crippen LogP contribution in [0, 0.1) is 11.6 Å². The molecule has 0 spiro atoms. The van der Waals surface area contributed by atoms with Crippen LogP contribution in [0.2, 0.25) is 5.02 Å². The lowest BCUT2D eigenvalue weighted by atomic mass is 10.2. The van der Waals surface area contributed by atoms with Crippen molar-refractivity contribution in [3.05, 3.63) is 34.4 Å². The summed E-state index contributed by atoms with van der Waals surface area (Å²) in [5, 5.41) is 10.1. The van der Waals surface area contributed by atoms with E-state index in [4.69, 9.17) is 16.8 Å². The van der Waals surface area contributed by atoms with Crippen LogP contribution in [0.4, 0.5) is 8.78 Å². The molecule has 1 rings (SSSR count). The van der Waals surface area contributed by atoms with Gasteiger partial charge in [-0.25, -0.2) is 8.78 Å². The van der Waals surface area contributed by atoms with Gasteiger partial charge in [0.2, 0.25) is 0 Å². The first-order chi connectivity index (χ1) is 5.66. The van der Waals surface area contributed by atoms with Crippen LogP contribution >= 0.6 is 11.6 Å². The molecule has 12 heavy (non-hydrogen) atoms. The molecule has 0 aliphatic rings. The Labute approximate surface area is 72.1 Å². The van der Waals surface area contributed by atoms with Crippen LogP contribution < -0.4 is 0 Å². The fraction of sp³-hybridized carbons (Fsp3) is 0. The summed E-state index contributed by atoms with van der Waals surface area (Å²) in [6.07, 6.45) is 0.834. The van der Waals surface area contributed by atoms with E-state index in [9.17, 15) is 8.78 Å². The summed E-state index contributed by atoms with van der Waals surface area (Å²) in [6, 6.07) is 2.11. The number of hydrogen-bond donors (Lipinski definition) is 1. The van der Waals surface area contributed by atoms with Gasteiger partial charge in [0.1, 0.15) is 10.8 Å². The normalized spacial score (nSPS) is 10.9. The third kappa shape index (κ3) is 1.53. The van der Waals surface area contributed by atoms with Gasteiger partial charge in [-0.3, -0.25) is 0 Å². The number of oxime groups is 1. The highest BCUT2D eigenvalue weighted by Gasteiger charge is 2.09. The second-order valence-corrected chi connectivity index (χ2v) is 2.39. The van der Waals surface area contributed by atoms with Crippen molar-refractivity contribution in [1.82, 2.24) is 0 Å². The maximum absolute atomic E-state index is 12.9. The predicted octanol–water partition coefficient (Wildman–Crippen LogP) is 2.43. The summed E-state index contributed by atoms with van der Waals surface area (Å²) in [7, 11) is 0. The van der Waals surface area contributed by atoms with E-state index in [1.54, 1.807) is 0 Å². The zero-order valence-corrected chi connectivity index (χ0v) is 6.52. The molecule has 1 aromatic carbocycles. The Morgan fingerprint density at radius 3 is 2.67 bits per heavy atom. The molecule has 0 heterocycles. The standard InChI is InChI=1S/C7H4ClF2NO/c8-6-5(9)2-1-4(3-11-12)7(6)10/h1-3,12H/b11-3-. The lowest BCUT2D eigenvalue weighted by molar-refractivity contribution is 0.321. The van der Waals surface area contributed by atoms with Crippen LogP contribution in [-0.2, 0) is 0 Å². The van der Waals surface area contributed by atoms with Crippen molar-refractivity contribution >= 4 is 17.8 Å². The van der Waals surface area contributed by atoms with E-state index in [2.05, 4.69) is 5.16 Å². The third-order valence-corrected chi connectivity index (χ3v) is 1.61. The first-order valence-corrected chi connectivity index (χ1v) is 3.35. The van der Waals surface area contributed by atoms with Gasteiger partial charge in [0.05, 0.1) is 6.21 Å². The molecule has 0 aliphatic carbocycles. The molecule has 0 amide bonds. The molecule has 1 aromatic rings. The molecule has 0 fully saturated rings. The second-order valence-electron chi connectivity index (χ2n) is 2.01. The van der Waals surface area contributed by atoms with Gasteiger partial charge in [0.25, 0.3) is 0 Å². The van der Waals surface area contributed by atoms with Crippen LogP contribution in [0.15, 0.2) is 17.3 Å². The first kappa shape index (κ1) is 8.93. The molecule has 5 heteroatoms. The van der Waals surface area contributed by atoms with Gasteiger partial charge in [-0.1, -0.05) is 16.8 Å². The molecule has 0 bridgehead atoms. The van der Waals surface area contributed by atoms with Crippen LogP contribution in [-0.4, -0.2) is 11.4 Å². The van der Waals surface area contributed by atoms with Gasteiger partial charge in [0, 0.05) is 5.56 Å². The highest BCUT2D eigenvalue weighted by atomic mass is 35.5. The number of rotatable bonds is 1. The Hall–Kier alpha value is -1.16. The van der Waals surface area contributed by atoms with Crippen molar-refractivity contribution in [2.75, 3.05) is 0 Å². The third-order valence-electron chi connectivity index (χ3n) is 1.26. The highest BCUT2D eigenvalue weighted by molar-refractivity contribution is 6.31. The summed E-state index contributed by atoms with van der Waals surface area (Å²) in [5.41, 5.74) is -0.0658. The molecule has 2 nitrogen and oxygen atoms in total. The number of nitrogens with zero attached hydrogens (tertiary/aromatic N) is 1. The van der Waals surface area contributed by atoms with E-state index in [0.29, 0.717) is 0 Å². The molecule has 0 radical (unpaired) electrons. The Morgan fingerprint density at radius 1 is 1.42 bits per heavy atom. The maximum atomic E-state index is 12.9. The topological polar surface area (TPSA) is 32.6 Å².